The fourth-order valence-corrected chi connectivity index (χ4v) is 3.08. The second-order valence-electron chi connectivity index (χ2n) is 8.35. The highest BCUT2D eigenvalue weighted by atomic mass is 16.8. The first-order chi connectivity index (χ1) is 22.1. The molecule has 0 saturated carbocycles. The third-order valence-electron chi connectivity index (χ3n) is 5.23. The second-order valence-corrected chi connectivity index (χ2v) is 8.35. The van der Waals surface area contributed by atoms with Gasteiger partial charge in [-0.1, -0.05) is 12.1 Å². The number of benzene rings is 2. The van der Waals surface area contributed by atoms with Gasteiger partial charge in [0.1, 0.15) is 0 Å². The summed E-state index contributed by atoms with van der Waals surface area (Å²) >= 11 is 0. The van der Waals surface area contributed by atoms with Crippen LogP contribution in [0.2, 0.25) is 0 Å². The summed E-state index contributed by atoms with van der Waals surface area (Å²) in [4.78, 5) is 70.0. The summed E-state index contributed by atoms with van der Waals surface area (Å²) in [6, 6.07) is 8.27. The molecule has 0 spiro atoms. The molecule has 0 N–H and O–H groups in total. The molecule has 0 unspecified atom stereocenters. The van der Waals surface area contributed by atoms with Crippen molar-refractivity contribution in [3.05, 3.63) is 59.7 Å². The van der Waals surface area contributed by atoms with Gasteiger partial charge in [0, 0.05) is 12.2 Å². The van der Waals surface area contributed by atoms with Crippen molar-refractivity contribution < 1.29 is 76.1 Å². The van der Waals surface area contributed by atoms with Crippen LogP contribution in [0, 0.1) is 0 Å². The van der Waals surface area contributed by atoms with Crippen molar-refractivity contribution in [1.82, 2.24) is 0 Å². The first-order valence-electron chi connectivity index (χ1n) is 13.1. The van der Waals surface area contributed by atoms with Gasteiger partial charge in [0.15, 0.2) is 23.0 Å². The van der Waals surface area contributed by atoms with E-state index in [1.54, 1.807) is 0 Å². The van der Waals surface area contributed by atoms with Gasteiger partial charge < -0.3 is 47.4 Å². The van der Waals surface area contributed by atoms with Crippen LogP contribution in [0.1, 0.15) is 24.0 Å². The number of carbonyl (C=O) groups is 6. The standard InChI is InChI=1S/C30H30O16/c1-37-27(33)43-21-11-7-19(17-23(21)45-29(35)39-3)9-13-25(31)41-15-5-6-16-42-26(32)14-10-20-8-12-22(44-28(34)38-2)24(18-20)46-30(36)40-4/h7-14,17-18H,5-6,15-16H2,1-4H3/b13-9+,14-10+. The molecule has 0 atom stereocenters. The van der Waals surface area contributed by atoms with Crippen LogP contribution in [0.4, 0.5) is 19.2 Å². The number of unbranched alkanes of at least 4 members (excludes halogenated alkanes) is 1. The van der Waals surface area contributed by atoms with Crippen molar-refractivity contribution in [1.29, 1.82) is 0 Å². The van der Waals surface area contributed by atoms with Crippen LogP contribution in [0.5, 0.6) is 23.0 Å². The predicted molar refractivity (Wildman–Crippen MR) is 154 cm³/mol. The quantitative estimate of drug-likeness (QED) is 0.0940. The molecule has 0 aliphatic carbocycles. The van der Waals surface area contributed by atoms with Gasteiger partial charge in [-0.2, -0.15) is 0 Å². The Hall–Kier alpha value is -6.06. The zero-order valence-corrected chi connectivity index (χ0v) is 25.1. The van der Waals surface area contributed by atoms with Crippen molar-refractivity contribution in [3.8, 4) is 23.0 Å². The van der Waals surface area contributed by atoms with Gasteiger partial charge in [-0.15, -0.1) is 0 Å². The normalized spacial score (nSPS) is 10.4. The maximum absolute atomic E-state index is 12.1. The van der Waals surface area contributed by atoms with Gasteiger partial charge in [0.05, 0.1) is 41.7 Å². The molecule has 16 heteroatoms. The van der Waals surface area contributed by atoms with Crippen molar-refractivity contribution in [2.75, 3.05) is 41.7 Å². The average Bonchev–Trinajstić information content (AvgIpc) is 3.05. The molecule has 2 aromatic rings. The second kappa shape index (κ2) is 19.3. The molecule has 0 saturated heterocycles. The first kappa shape index (κ1) is 36.1. The predicted octanol–water partition coefficient (Wildman–Crippen LogP) is 4.86. The number of hydrogen-bond donors (Lipinski definition) is 0. The third kappa shape index (κ3) is 13.1. The Labute approximate surface area is 262 Å². The van der Waals surface area contributed by atoms with Crippen molar-refractivity contribution >= 4 is 48.7 Å². The number of methoxy groups -OCH3 is 4. The Balaban J connectivity index is 1.81. The molecule has 2 rings (SSSR count). The molecule has 0 aliphatic heterocycles. The summed E-state index contributed by atoms with van der Waals surface area (Å²) in [7, 11) is 4.41. The van der Waals surface area contributed by atoms with Gasteiger partial charge in [-0.25, -0.2) is 28.8 Å². The summed E-state index contributed by atoms with van der Waals surface area (Å²) in [6.45, 7) is 0.0876. The molecule has 2 aromatic carbocycles. The van der Waals surface area contributed by atoms with Gasteiger partial charge >= 0.3 is 36.6 Å². The Bertz CT molecular complexity index is 1350. The highest BCUT2D eigenvalue weighted by Gasteiger charge is 2.16. The molecular weight excluding hydrogens is 616 g/mol. The van der Waals surface area contributed by atoms with Crippen LogP contribution < -0.4 is 18.9 Å². The molecule has 0 radical (unpaired) electrons. The smallest absolute Gasteiger partial charge is 0.463 e. The largest absolute Gasteiger partial charge is 0.513 e. The lowest BCUT2D eigenvalue weighted by Gasteiger charge is -2.10. The minimum Gasteiger partial charge on any atom is -0.463 e. The van der Waals surface area contributed by atoms with E-state index in [1.807, 2.05) is 0 Å². The highest BCUT2D eigenvalue weighted by Crippen LogP contribution is 2.31. The van der Waals surface area contributed by atoms with E-state index in [0.717, 1.165) is 40.6 Å². The summed E-state index contributed by atoms with van der Waals surface area (Å²) < 4.78 is 47.7. The van der Waals surface area contributed by atoms with Gasteiger partial charge in [-0.05, 0) is 60.4 Å². The number of carbonyl (C=O) groups excluding carboxylic acids is 6. The van der Waals surface area contributed by atoms with Gasteiger partial charge in [0.25, 0.3) is 0 Å². The van der Waals surface area contributed by atoms with Crippen LogP contribution in [0.3, 0.4) is 0 Å². The van der Waals surface area contributed by atoms with Crippen LogP contribution in [-0.4, -0.2) is 78.2 Å². The van der Waals surface area contributed by atoms with Crippen LogP contribution in [-0.2, 0) is 38.0 Å². The highest BCUT2D eigenvalue weighted by molar-refractivity contribution is 5.88. The topological polar surface area (TPSA) is 195 Å². The molecular formula is C30H30O16. The Morgan fingerprint density at radius 1 is 0.500 bits per heavy atom. The lowest BCUT2D eigenvalue weighted by molar-refractivity contribution is -0.140. The maximum atomic E-state index is 12.1. The van der Waals surface area contributed by atoms with Crippen molar-refractivity contribution in [3.63, 3.8) is 0 Å². The molecule has 0 aromatic heterocycles. The fraction of sp³-hybridized carbons (Fsp3) is 0.267. The molecule has 16 nitrogen and oxygen atoms in total. The van der Waals surface area contributed by atoms with E-state index in [-0.39, 0.29) is 36.2 Å². The lowest BCUT2D eigenvalue weighted by atomic mass is 10.2. The number of hydrogen-bond acceptors (Lipinski definition) is 16. The summed E-state index contributed by atoms with van der Waals surface area (Å²) in [5.41, 5.74) is 0.816. The zero-order valence-electron chi connectivity index (χ0n) is 25.1. The van der Waals surface area contributed by atoms with Crippen LogP contribution in [0.15, 0.2) is 48.6 Å². The minimum atomic E-state index is -1.06. The number of ether oxygens (including phenoxy) is 10. The van der Waals surface area contributed by atoms with E-state index in [0.29, 0.717) is 24.0 Å². The fourth-order valence-electron chi connectivity index (χ4n) is 3.08. The van der Waals surface area contributed by atoms with E-state index in [4.69, 9.17) is 28.4 Å². The van der Waals surface area contributed by atoms with Crippen LogP contribution in [0.25, 0.3) is 12.2 Å². The SMILES string of the molecule is COC(=O)Oc1ccc(/C=C/C(=O)OCCCCOC(=O)/C=C/c2ccc(OC(=O)OC)c(OC(=O)OC)c2)cc1OC(=O)OC. The molecule has 0 bridgehead atoms. The third-order valence-corrected chi connectivity index (χ3v) is 5.23. The minimum absolute atomic E-state index is 0.0438. The van der Waals surface area contributed by atoms with Crippen molar-refractivity contribution in [2.24, 2.45) is 0 Å². The summed E-state index contributed by atoms with van der Waals surface area (Å²) in [5, 5.41) is 0. The number of rotatable bonds is 13. The first-order valence-corrected chi connectivity index (χ1v) is 13.1. The molecule has 0 amide bonds. The zero-order chi connectivity index (χ0) is 33.9. The molecule has 0 aliphatic rings. The number of esters is 2. The van der Waals surface area contributed by atoms with Crippen molar-refractivity contribution in [2.45, 2.75) is 12.8 Å². The summed E-state index contributed by atoms with van der Waals surface area (Å²) in [5.74, 6) is -1.87. The Kier molecular flexibility index (Phi) is 15.1. The van der Waals surface area contributed by atoms with E-state index >= 15 is 0 Å². The molecule has 46 heavy (non-hydrogen) atoms. The van der Waals surface area contributed by atoms with Crippen LogP contribution >= 0.6 is 0 Å². The van der Waals surface area contributed by atoms with E-state index in [2.05, 4.69) is 18.9 Å². The van der Waals surface area contributed by atoms with E-state index in [1.165, 1.54) is 48.6 Å². The summed E-state index contributed by atoms with van der Waals surface area (Å²) in [6.07, 6.45) is 1.64. The van der Waals surface area contributed by atoms with E-state index in [9.17, 15) is 28.8 Å². The molecule has 0 heterocycles. The van der Waals surface area contributed by atoms with Gasteiger partial charge in [-0.3, -0.25) is 0 Å². The lowest BCUT2D eigenvalue weighted by Crippen LogP contribution is -2.12. The maximum Gasteiger partial charge on any atom is 0.513 e. The molecule has 246 valence electrons. The van der Waals surface area contributed by atoms with E-state index < -0.39 is 36.6 Å². The molecule has 0 fully saturated rings. The monoisotopic (exact) mass is 646 g/mol. The Morgan fingerprint density at radius 2 is 0.826 bits per heavy atom. The average molecular weight is 647 g/mol. The van der Waals surface area contributed by atoms with Gasteiger partial charge in [0.2, 0.25) is 0 Å². The Morgan fingerprint density at radius 3 is 1.15 bits per heavy atom.